The molecule has 0 saturated carbocycles. The van der Waals surface area contributed by atoms with E-state index in [0.717, 1.165) is 26.5 Å². The highest BCUT2D eigenvalue weighted by Gasteiger charge is 2.17. The average Bonchev–Trinajstić information content (AvgIpc) is 3.17. The fourth-order valence-corrected chi connectivity index (χ4v) is 5.10. The summed E-state index contributed by atoms with van der Waals surface area (Å²) >= 11 is 3.07. The molecule has 1 N–H and O–H groups in total. The van der Waals surface area contributed by atoms with Gasteiger partial charge in [-0.15, -0.1) is 22.7 Å². The normalized spacial score (nSPS) is 11.8. The van der Waals surface area contributed by atoms with E-state index in [9.17, 15) is 12.8 Å². The Morgan fingerprint density at radius 1 is 1.25 bits per heavy atom. The highest BCUT2D eigenvalue weighted by Crippen LogP contribution is 2.31. The number of hydrogen-bond donors (Lipinski definition) is 1. The Balaban J connectivity index is 1.78. The van der Waals surface area contributed by atoms with E-state index in [1.165, 1.54) is 30.4 Å². The first-order valence-electron chi connectivity index (χ1n) is 7.13. The van der Waals surface area contributed by atoms with Gasteiger partial charge >= 0.3 is 0 Å². The molecule has 0 unspecified atom stereocenters. The molecule has 3 rings (SSSR count). The maximum atomic E-state index is 13.3. The summed E-state index contributed by atoms with van der Waals surface area (Å²) in [4.78, 5) is 6.48. The van der Waals surface area contributed by atoms with Crippen molar-refractivity contribution in [3.8, 4) is 9.88 Å². The van der Waals surface area contributed by atoms with Gasteiger partial charge in [0.1, 0.15) is 10.8 Å². The molecule has 0 aliphatic heterocycles. The SMILES string of the molecule is Cc1cc(S(=O)(=O)NCc2sc(-c3cccs3)nc2C)ccc1F. The van der Waals surface area contributed by atoms with E-state index in [1.807, 2.05) is 24.4 Å². The smallest absolute Gasteiger partial charge is 0.240 e. The third-order valence-electron chi connectivity index (χ3n) is 3.49. The summed E-state index contributed by atoms with van der Waals surface area (Å²) in [6, 6.07) is 7.69. The van der Waals surface area contributed by atoms with Gasteiger partial charge in [-0.3, -0.25) is 0 Å². The van der Waals surface area contributed by atoms with Gasteiger partial charge in [0.05, 0.1) is 15.5 Å². The maximum absolute atomic E-state index is 13.3. The summed E-state index contributed by atoms with van der Waals surface area (Å²) in [6.45, 7) is 3.56. The lowest BCUT2D eigenvalue weighted by Gasteiger charge is -2.07. The minimum absolute atomic E-state index is 0.0575. The number of thiophene rings is 1. The van der Waals surface area contributed by atoms with Crippen LogP contribution in [0.1, 0.15) is 16.1 Å². The van der Waals surface area contributed by atoms with E-state index in [2.05, 4.69) is 9.71 Å². The lowest BCUT2D eigenvalue weighted by Crippen LogP contribution is -2.23. The van der Waals surface area contributed by atoms with Crippen LogP contribution in [0.25, 0.3) is 9.88 Å². The van der Waals surface area contributed by atoms with Gasteiger partial charge in [0.2, 0.25) is 10.0 Å². The monoisotopic (exact) mass is 382 g/mol. The molecule has 0 fully saturated rings. The van der Waals surface area contributed by atoms with Crippen molar-refractivity contribution in [3.05, 3.63) is 57.7 Å². The number of rotatable bonds is 5. The number of aryl methyl sites for hydroxylation is 2. The van der Waals surface area contributed by atoms with Crippen molar-refractivity contribution < 1.29 is 12.8 Å². The summed E-state index contributed by atoms with van der Waals surface area (Å²) in [5, 5.41) is 2.86. The number of halogens is 1. The topological polar surface area (TPSA) is 59.1 Å². The van der Waals surface area contributed by atoms with Crippen LogP contribution in [0.4, 0.5) is 4.39 Å². The highest BCUT2D eigenvalue weighted by molar-refractivity contribution is 7.89. The summed E-state index contributed by atoms with van der Waals surface area (Å²) < 4.78 is 40.6. The molecule has 0 saturated heterocycles. The van der Waals surface area contributed by atoms with Crippen molar-refractivity contribution in [2.75, 3.05) is 0 Å². The number of benzene rings is 1. The number of nitrogens with zero attached hydrogens (tertiary/aromatic N) is 1. The third-order valence-corrected chi connectivity index (χ3v) is 7.08. The van der Waals surface area contributed by atoms with Crippen LogP contribution in [-0.4, -0.2) is 13.4 Å². The second-order valence-corrected chi connectivity index (χ2v) is 9.04. The molecule has 24 heavy (non-hydrogen) atoms. The first-order chi connectivity index (χ1) is 11.4. The van der Waals surface area contributed by atoms with E-state index in [0.29, 0.717) is 5.56 Å². The van der Waals surface area contributed by atoms with Crippen molar-refractivity contribution >= 4 is 32.7 Å². The van der Waals surface area contributed by atoms with Crippen molar-refractivity contribution in [2.24, 2.45) is 0 Å². The maximum Gasteiger partial charge on any atom is 0.240 e. The van der Waals surface area contributed by atoms with E-state index in [4.69, 9.17) is 0 Å². The molecule has 1 aromatic carbocycles. The molecule has 0 radical (unpaired) electrons. The molecule has 2 aromatic heterocycles. The molecule has 3 aromatic rings. The van der Waals surface area contributed by atoms with Gasteiger partial charge in [-0.1, -0.05) is 6.07 Å². The van der Waals surface area contributed by atoms with E-state index in [-0.39, 0.29) is 11.4 Å². The van der Waals surface area contributed by atoms with Crippen molar-refractivity contribution in [3.63, 3.8) is 0 Å². The van der Waals surface area contributed by atoms with Crippen LogP contribution in [-0.2, 0) is 16.6 Å². The molecule has 0 atom stereocenters. The minimum Gasteiger partial charge on any atom is -0.240 e. The Morgan fingerprint density at radius 2 is 2.04 bits per heavy atom. The Labute approximate surface area is 148 Å². The Hall–Kier alpha value is -1.61. The number of sulfonamides is 1. The number of hydrogen-bond acceptors (Lipinski definition) is 5. The largest absolute Gasteiger partial charge is 0.240 e. The fourth-order valence-electron chi connectivity index (χ4n) is 2.13. The molecule has 2 heterocycles. The molecule has 0 bridgehead atoms. The van der Waals surface area contributed by atoms with Crippen LogP contribution in [0.15, 0.2) is 40.6 Å². The standard InChI is InChI=1S/C16H15FN2O2S3/c1-10-8-12(5-6-13(10)17)24(20,21)18-9-15-11(2)19-16(23-15)14-4-3-7-22-14/h3-8,18H,9H2,1-2H3. The van der Waals surface area contributed by atoms with Crippen LogP contribution < -0.4 is 4.72 Å². The van der Waals surface area contributed by atoms with Gasteiger partial charge in [0, 0.05) is 11.4 Å². The Kier molecular flexibility index (Phi) is 4.82. The third kappa shape index (κ3) is 3.56. The second-order valence-electron chi connectivity index (χ2n) is 5.24. The number of thiazole rings is 1. The number of nitrogens with one attached hydrogen (secondary N) is 1. The van der Waals surface area contributed by atoms with Gasteiger partial charge in [0.25, 0.3) is 0 Å². The van der Waals surface area contributed by atoms with Gasteiger partial charge in [-0.25, -0.2) is 22.5 Å². The molecular formula is C16H15FN2O2S3. The molecule has 0 spiro atoms. The summed E-state index contributed by atoms with van der Waals surface area (Å²) in [7, 11) is -3.69. The van der Waals surface area contributed by atoms with E-state index >= 15 is 0 Å². The van der Waals surface area contributed by atoms with Crippen LogP contribution in [0.2, 0.25) is 0 Å². The summed E-state index contributed by atoms with van der Waals surface area (Å²) in [5.41, 5.74) is 1.10. The Morgan fingerprint density at radius 3 is 2.71 bits per heavy atom. The molecular weight excluding hydrogens is 367 g/mol. The number of aromatic nitrogens is 1. The molecule has 0 aliphatic carbocycles. The zero-order valence-corrected chi connectivity index (χ0v) is 15.5. The molecule has 4 nitrogen and oxygen atoms in total. The molecule has 8 heteroatoms. The van der Waals surface area contributed by atoms with Gasteiger partial charge < -0.3 is 0 Å². The van der Waals surface area contributed by atoms with Gasteiger partial charge in [-0.05, 0) is 49.1 Å². The van der Waals surface area contributed by atoms with Crippen LogP contribution >= 0.6 is 22.7 Å². The summed E-state index contributed by atoms with van der Waals surface area (Å²) in [6.07, 6.45) is 0. The summed E-state index contributed by atoms with van der Waals surface area (Å²) in [5.74, 6) is -0.423. The molecule has 0 aliphatic rings. The first kappa shape index (κ1) is 17.2. The van der Waals surface area contributed by atoms with Crippen molar-refractivity contribution in [1.29, 1.82) is 0 Å². The quantitative estimate of drug-likeness (QED) is 0.722. The predicted octanol–water partition coefficient (Wildman–Crippen LogP) is 4.11. The van der Waals surface area contributed by atoms with Gasteiger partial charge in [-0.2, -0.15) is 0 Å². The fraction of sp³-hybridized carbons (Fsp3) is 0.188. The lowest BCUT2D eigenvalue weighted by molar-refractivity contribution is 0.580. The zero-order valence-electron chi connectivity index (χ0n) is 13.0. The first-order valence-corrected chi connectivity index (χ1v) is 10.3. The average molecular weight is 383 g/mol. The van der Waals surface area contributed by atoms with E-state index < -0.39 is 15.8 Å². The molecule has 126 valence electrons. The second kappa shape index (κ2) is 6.72. The molecule has 0 amide bonds. The van der Waals surface area contributed by atoms with E-state index in [1.54, 1.807) is 11.3 Å². The van der Waals surface area contributed by atoms with Crippen LogP contribution in [0, 0.1) is 19.7 Å². The van der Waals surface area contributed by atoms with Crippen LogP contribution in [0.5, 0.6) is 0 Å². The highest BCUT2D eigenvalue weighted by atomic mass is 32.2. The minimum atomic E-state index is -3.69. The van der Waals surface area contributed by atoms with Gasteiger partial charge in [0.15, 0.2) is 0 Å². The lowest BCUT2D eigenvalue weighted by atomic mass is 10.2. The van der Waals surface area contributed by atoms with Crippen molar-refractivity contribution in [1.82, 2.24) is 9.71 Å². The van der Waals surface area contributed by atoms with Crippen molar-refractivity contribution in [2.45, 2.75) is 25.3 Å². The van der Waals surface area contributed by atoms with Crippen LogP contribution in [0.3, 0.4) is 0 Å². The predicted molar refractivity (Wildman–Crippen MR) is 95.3 cm³/mol. The Bertz CT molecular complexity index is 963. The zero-order chi connectivity index (χ0) is 17.3.